The Morgan fingerprint density at radius 2 is 2.00 bits per heavy atom. The molecular weight excluding hydrogens is 280 g/mol. The van der Waals surface area contributed by atoms with Gasteiger partial charge in [0.1, 0.15) is 12.4 Å². The molecule has 0 aliphatic heterocycles. The predicted octanol–water partition coefficient (Wildman–Crippen LogP) is 2.25. The maximum Gasteiger partial charge on any atom is 0.408 e. The van der Waals surface area contributed by atoms with E-state index in [-0.39, 0.29) is 18.9 Å². The van der Waals surface area contributed by atoms with Crippen molar-refractivity contribution in [1.29, 1.82) is 0 Å². The lowest BCUT2D eigenvalue weighted by molar-refractivity contribution is 0.141. The number of aromatic hydroxyl groups is 1. The average molecular weight is 296 g/mol. The predicted molar refractivity (Wildman–Crippen MR) is 84.0 cm³/mol. The summed E-state index contributed by atoms with van der Waals surface area (Å²) in [4.78, 5) is 11.5. The van der Waals surface area contributed by atoms with Crippen molar-refractivity contribution < 1.29 is 14.6 Å². The zero-order chi connectivity index (χ0) is 15.8. The molecule has 2 aromatic carbocycles. The maximum absolute atomic E-state index is 11.5. The number of phenols is 1. The molecular formula is C17H16N2O3. The van der Waals surface area contributed by atoms with Gasteiger partial charge in [-0.1, -0.05) is 42.2 Å². The van der Waals surface area contributed by atoms with E-state index in [0.29, 0.717) is 11.3 Å². The van der Waals surface area contributed by atoms with E-state index in [0.717, 1.165) is 5.56 Å². The van der Waals surface area contributed by atoms with Crippen LogP contribution < -0.4 is 11.1 Å². The Labute approximate surface area is 128 Å². The SMILES string of the molecule is Nc1ccc(C#CCNC(=O)OCc2ccccc2)cc1O. The second kappa shape index (κ2) is 7.60. The number of benzene rings is 2. The largest absolute Gasteiger partial charge is 0.506 e. The Kier molecular flexibility index (Phi) is 5.27. The molecule has 0 heterocycles. The first-order valence-electron chi connectivity index (χ1n) is 6.67. The summed E-state index contributed by atoms with van der Waals surface area (Å²) in [7, 11) is 0. The molecule has 112 valence electrons. The van der Waals surface area contributed by atoms with E-state index in [2.05, 4.69) is 17.2 Å². The van der Waals surface area contributed by atoms with Crippen molar-refractivity contribution in [3.63, 3.8) is 0 Å². The van der Waals surface area contributed by atoms with Gasteiger partial charge in [0.15, 0.2) is 0 Å². The van der Waals surface area contributed by atoms with Crippen LogP contribution in [0.2, 0.25) is 0 Å². The fourth-order valence-electron chi connectivity index (χ4n) is 1.66. The van der Waals surface area contributed by atoms with Crippen LogP contribution in [0.15, 0.2) is 48.5 Å². The standard InChI is InChI=1S/C17H16N2O3/c18-15-9-8-13(11-16(15)20)7-4-10-19-17(21)22-12-14-5-2-1-3-6-14/h1-3,5-6,8-9,11,20H,10,12,18H2,(H,19,21). The monoisotopic (exact) mass is 296 g/mol. The number of nitrogens with two attached hydrogens (primary N) is 1. The number of amides is 1. The van der Waals surface area contributed by atoms with E-state index < -0.39 is 6.09 Å². The molecule has 0 fully saturated rings. The molecule has 1 amide bonds. The first-order chi connectivity index (χ1) is 10.6. The molecule has 0 spiro atoms. The van der Waals surface area contributed by atoms with E-state index in [1.807, 2.05) is 30.3 Å². The minimum absolute atomic E-state index is 0.0120. The Balaban J connectivity index is 1.75. The first kappa shape index (κ1) is 15.3. The summed E-state index contributed by atoms with van der Waals surface area (Å²) in [5, 5.41) is 12.0. The van der Waals surface area contributed by atoms with Gasteiger partial charge < -0.3 is 20.9 Å². The molecule has 0 unspecified atom stereocenters. The third kappa shape index (κ3) is 4.76. The number of nitrogens with one attached hydrogen (secondary N) is 1. The Hall–Kier alpha value is -3.13. The van der Waals surface area contributed by atoms with E-state index in [1.54, 1.807) is 12.1 Å². The van der Waals surface area contributed by atoms with Gasteiger partial charge in [0.05, 0.1) is 12.2 Å². The quantitative estimate of drug-likeness (QED) is 0.461. The molecule has 0 saturated carbocycles. The maximum atomic E-state index is 11.5. The summed E-state index contributed by atoms with van der Waals surface area (Å²) < 4.78 is 5.04. The number of alkyl carbamates (subject to hydrolysis) is 1. The first-order valence-corrected chi connectivity index (χ1v) is 6.67. The molecule has 0 radical (unpaired) electrons. The van der Waals surface area contributed by atoms with Crippen molar-refractivity contribution in [2.45, 2.75) is 6.61 Å². The number of hydrogen-bond acceptors (Lipinski definition) is 4. The van der Waals surface area contributed by atoms with Gasteiger partial charge in [0.2, 0.25) is 0 Å². The molecule has 0 aromatic heterocycles. The second-order valence-electron chi connectivity index (χ2n) is 4.49. The van der Waals surface area contributed by atoms with Crippen molar-refractivity contribution >= 4 is 11.8 Å². The molecule has 2 aromatic rings. The smallest absolute Gasteiger partial charge is 0.408 e. The van der Waals surface area contributed by atoms with E-state index in [1.165, 1.54) is 6.07 Å². The van der Waals surface area contributed by atoms with Crippen molar-refractivity contribution in [3.8, 4) is 17.6 Å². The van der Waals surface area contributed by atoms with Gasteiger partial charge in [-0.2, -0.15) is 0 Å². The Morgan fingerprint density at radius 1 is 1.23 bits per heavy atom. The van der Waals surface area contributed by atoms with Gasteiger partial charge in [-0.15, -0.1) is 0 Å². The zero-order valence-corrected chi connectivity index (χ0v) is 11.9. The van der Waals surface area contributed by atoms with Gasteiger partial charge in [0.25, 0.3) is 0 Å². The number of phenolic OH excluding ortho intramolecular Hbond substituents is 1. The van der Waals surface area contributed by atoms with E-state index in [4.69, 9.17) is 10.5 Å². The minimum Gasteiger partial charge on any atom is -0.506 e. The molecule has 0 bridgehead atoms. The van der Waals surface area contributed by atoms with Crippen LogP contribution >= 0.6 is 0 Å². The van der Waals surface area contributed by atoms with Crippen molar-refractivity contribution in [3.05, 3.63) is 59.7 Å². The summed E-state index contributed by atoms with van der Waals surface area (Å²) in [6.07, 6.45) is -0.529. The normalized spacial score (nSPS) is 9.45. The van der Waals surface area contributed by atoms with Crippen molar-refractivity contribution in [1.82, 2.24) is 5.32 Å². The zero-order valence-electron chi connectivity index (χ0n) is 11.9. The number of nitrogen functional groups attached to an aromatic ring is 1. The molecule has 5 heteroatoms. The molecule has 0 aliphatic rings. The second-order valence-corrected chi connectivity index (χ2v) is 4.49. The molecule has 4 N–H and O–H groups in total. The topological polar surface area (TPSA) is 84.6 Å². The molecule has 5 nitrogen and oxygen atoms in total. The van der Waals surface area contributed by atoms with Crippen molar-refractivity contribution in [2.24, 2.45) is 0 Å². The summed E-state index contributed by atoms with van der Waals surface area (Å²) in [6.45, 7) is 0.366. The number of ether oxygens (including phenoxy) is 1. The minimum atomic E-state index is -0.529. The van der Waals surface area contributed by atoms with Crippen LogP contribution in [0.3, 0.4) is 0 Å². The van der Waals surface area contributed by atoms with Gasteiger partial charge in [-0.05, 0) is 23.8 Å². The average Bonchev–Trinajstić information content (AvgIpc) is 2.54. The number of carbonyl (C=O) groups excluding carboxylic acids is 1. The van der Waals surface area contributed by atoms with Crippen LogP contribution in [0.5, 0.6) is 5.75 Å². The van der Waals surface area contributed by atoms with Crippen LogP contribution in [-0.2, 0) is 11.3 Å². The highest BCUT2D eigenvalue weighted by Crippen LogP contribution is 2.19. The molecule has 22 heavy (non-hydrogen) atoms. The number of anilines is 1. The van der Waals surface area contributed by atoms with Crippen LogP contribution in [0.4, 0.5) is 10.5 Å². The highest BCUT2D eigenvalue weighted by molar-refractivity contribution is 5.67. The van der Waals surface area contributed by atoms with Gasteiger partial charge in [0, 0.05) is 5.56 Å². The summed E-state index contributed by atoms with van der Waals surface area (Å²) >= 11 is 0. The van der Waals surface area contributed by atoms with Gasteiger partial charge in [-0.3, -0.25) is 0 Å². The molecule has 0 atom stereocenters. The lowest BCUT2D eigenvalue weighted by atomic mass is 10.2. The molecule has 2 rings (SSSR count). The Morgan fingerprint density at radius 3 is 2.73 bits per heavy atom. The summed E-state index contributed by atoms with van der Waals surface area (Å²) in [5.74, 6) is 5.56. The summed E-state index contributed by atoms with van der Waals surface area (Å²) in [6, 6.07) is 14.1. The highest BCUT2D eigenvalue weighted by Gasteiger charge is 2.00. The van der Waals surface area contributed by atoms with Crippen LogP contribution in [-0.4, -0.2) is 17.7 Å². The lowest BCUT2D eigenvalue weighted by Crippen LogP contribution is -2.24. The molecule has 0 saturated heterocycles. The van der Waals surface area contributed by atoms with E-state index in [9.17, 15) is 9.90 Å². The van der Waals surface area contributed by atoms with Crippen LogP contribution in [0, 0.1) is 11.8 Å². The summed E-state index contributed by atoms with van der Waals surface area (Å²) in [5.41, 5.74) is 7.33. The Bertz CT molecular complexity index is 703. The fraction of sp³-hybridized carbons (Fsp3) is 0.118. The third-order valence-corrected chi connectivity index (χ3v) is 2.80. The van der Waals surface area contributed by atoms with Crippen LogP contribution in [0.1, 0.15) is 11.1 Å². The van der Waals surface area contributed by atoms with Crippen molar-refractivity contribution in [2.75, 3.05) is 12.3 Å². The highest BCUT2D eigenvalue weighted by atomic mass is 16.5. The lowest BCUT2D eigenvalue weighted by Gasteiger charge is -2.04. The molecule has 0 aliphatic carbocycles. The number of carbonyl (C=O) groups is 1. The van der Waals surface area contributed by atoms with E-state index >= 15 is 0 Å². The van der Waals surface area contributed by atoms with Gasteiger partial charge in [-0.25, -0.2) is 4.79 Å². The third-order valence-electron chi connectivity index (χ3n) is 2.80. The van der Waals surface area contributed by atoms with Gasteiger partial charge >= 0.3 is 6.09 Å². The number of hydrogen-bond donors (Lipinski definition) is 3. The fourth-order valence-corrected chi connectivity index (χ4v) is 1.66. The van der Waals surface area contributed by atoms with Crippen LogP contribution in [0.25, 0.3) is 0 Å². The number of rotatable bonds is 3.